The van der Waals surface area contributed by atoms with Gasteiger partial charge in [0.2, 0.25) is 0 Å². The van der Waals surface area contributed by atoms with Gasteiger partial charge in [-0.15, -0.1) is 0 Å². The Balaban J connectivity index is 2.93. The molecular formula is C11H10F3O4S-. The highest BCUT2D eigenvalue weighted by Gasteiger charge is 2.43. The monoisotopic (exact) mass is 295 g/mol. The Morgan fingerprint density at radius 2 is 1.84 bits per heavy atom. The van der Waals surface area contributed by atoms with E-state index in [0.29, 0.717) is 0 Å². The first kappa shape index (κ1) is 15.5. The van der Waals surface area contributed by atoms with Gasteiger partial charge in [-0.2, -0.15) is 13.2 Å². The summed E-state index contributed by atoms with van der Waals surface area (Å²) in [6, 6.07) is 7.41. The molecule has 0 fully saturated rings. The summed E-state index contributed by atoms with van der Waals surface area (Å²) in [6.07, 6.45) is 0. The van der Waals surface area contributed by atoms with Gasteiger partial charge >= 0.3 is 5.51 Å². The van der Waals surface area contributed by atoms with Crippen molar-refractivity contribution in [1.29, 1.82) is 0 Å². The summed E-state index contributed by atoms with van der Waals surface area (Å²) in [5.74, 6) is -3.06. The smallest absolute Gasteiger partial charge is 0.471 e. The number of para-hydroxylation sites is 1. The standard InChI is InChI=1S/C11H11F3O4S/c1-10(9(15)16,7-19(17)11(12,13)14)18-8-5-3-2-4-6-8/h2-6H,7H2,1H3,(H,15,16)/p-1. The second kappa shape index (κ2) is 5.60. The lowest BCUT2D eigenvalue weighted by molar-refractivity contribution is -0.320. The molecule has 0 spiro atoms. The zero-order valence-electron chi connectivity index (χ0n) is 9.77. The predicted octanol–water partition coefficient (Wildman–Crippen LogP) is 0.842. The van der Waals surface area contributed by atoms with E-state index in [9.17, 15) is 27.3 Å². The molecule has 0 aromatic heterocycles. The SMILES string of the molecule is CC(CS(=O)C(F)(F)F)(Oc1ccccc1)C(=O)[O-]. The molecule has 1 aromatic carbocycles. The molecule has 4 nitrogen and oxygen atoms in total. The highest BCUT2D eigenvalue weighted by atomic mass is 32.2. The Morgan fingerprint density at radius 1 is 1.32 bits per heavy atom. The number of carboxylic acids is 1. The predicted molar refractivity (Wildman–Crippen MR) is 59.5 cm³/mol. The van der Waals surface area contributed by atoms with E-state index in [4.69, 9.17) is 4.74 Å². The van der Waals surface area contributed by atoms with Crippen LogP contribution in [0.3, 0.4) is 0 Å². The molecule has 2 unspecified atom stereocenters. The fourth-order valence-electron chi connectivity index (χ4n) is 1.21. The van der Waals surface area contributed by atoms with Crippen molar-refractivity contribution < 1.29 is 32.0 Å². The van der Waals surface area contributed by atoms with Gasteiger partial charge in [0.15, 0.2) is 5.60 Å². The number of carbonyl (C=O) groups excluding carboxylic acids is 1. The third-order valence-corrected chi connectivity index (χ3v) is 3.51. The van der Waals surface area contributed by atoms with Crippen molar-refractivity contribution in [3.05, 3.63) is 30.3 Å². The van der Waals surface area contributed by atoms with E-state index >= 15 is 0 Å². The van der Waals surface area contributed by atoms with Crippen molar-refractivity contribution in [1.82, 2.24) is 0 Å². The summed E-state index contributed by atoms with van der Waals surface area (Å²) in [4.78, 5) is 11.0. The van der Waals surface area contributed by atoms with E-state index in [-0.39, 0.29) is 5.75 Å². The molecule has 0 N–H and O–H groups in total. The number of halogens is 3. The van der Waals surface area contributed by atoms with Gasteiger partial charge in [-0.05, 0) is 19.1 Å². The zero-order valence-corrected chi connectivity index (χ0v) is 10.6. The number of benzene rings is 1. The molecule has 0 aliphatic carbocycles. The molecule has 106 valence electrons. The van der Waals surface area contributed by atoms with Crippen LogP contribution < -0.4 is 9.84 Å². The van der Waals surface area contributed by atoms with Crippen LogP contribution in [0.5, 0.6) is 5.75 Å². The number of ether oxygens (including phenoxy) is 1. The van der Waals surface area contributed by atoms with Gasteiger partial charge < -0.3 is 14.6 Å². The Morgan fingerprint density at radius 3 is 2.26 bits per heavy atom. The molecule has 0 heterocycles. The van der Waals surface area contributed by atoms with Crippen molar-refractivity contribution in [3.8, 4) is 5.75 Å². The van der Waals surface area contributed by atoms with Crippen molar-refractivity contribution in [2.24, 2.45) is 0 Å². The summed E-state index contributed by atoms with van der Waals surface area (Å²) in [6.45, 7) is 0.888. The van der Waals surface area contributed by atoms with Crippen LogP contribution >= 0.6 is 0 Å². The first-order valence-electron chi connectivity index (χ1n) is 5.06. The molecule has 1 rings (SSSR count). The van der Waals surface area contributed by atoms with E-state index in [1.807, 2.05) is 0 Å². The van der Waals surface area contributed by atoms with Gasteiger partial charge in [-0.25, -0.2) is 0 Å². The van der Waals surface area contributed by atoms with Crippen molar-refractivity contribution in [3.63, 3.8) is 0 Å². The molecule has 1 aromatic rings. The topological polar surface area (TPSA) is 66.4 Å². The molecule has 0 radical (unpaired) electrons. The van der Waals surface area contributed by atoms with Gasteiger partial charge in [0.1, 0.15) is 16.5 Å². The lowest BCUT2D eigenvalue weighted by Gasteiger charge is -2.31. The molecular weight excluding hydrogens is 285 g/mol. The van der Waals surface area contributed by atoms with E-state index in [1.165, 1.54) is 24.3 Å². The molecule has 0 saturated heterocycles. The van der Waals surface area contributed by atoms with Crippen LogP contribution in [0.25, 0.3) is 0 Å². The minimum Gasteiger partial charge on any atom is -0.546 e. The van der Waals surface area contributed by atoms with E-state index < -0.39 is 33.6 Å². The van der Waals surface area contributed by atoms with Crippen LogP contribution in [-0.2, 0) is 15.6 Å². The third kappa shape index (κ3) is 4.23. The van der Waals surface area contributed by atoms with E-state index in [1.54, 1.807) is 6.07 Å². The van der Waals surface area contributed by atoms with Crippen molar-refractivity contribution in [2.75, 3.05) is 5.75 Å². The van der Waals surface area contributed by atoms with Gasteiger partial charge in [-0.3, -0.25) is 4.21 Å². The normalized spacial score (nSPS) is 16.4. The number of alkyl halides is 3. The zero-order chi connectivity index (χ0) is 14.7. The first-order valence-corrected chi connectivity index (χ1v) is 6.38. The van der Waals surface area contributed by atoms with Crippen molar-refractivity contribution >= 4 is 16.8 Å². The molecule has 0 saturated carbocycles. The molecule has 0 bridgehead atoms. The number of rotatable bonds is 5. The Bertz CT molecular complexity index is 475. The lowest BCUT2D eigenvalue weighted by atomic mass is 10.1. The van der Waals surface area contributed by atoms with Crippen molar-refractivity contribution in [2.45, 2.75) is 18.0 Å². The van der Waals surface area contributed by atoms with Gasteiger partial charge in [-0.1, -0.05) is 18.2 Å². The van der Waals surface area contributed by atoms with E-state index in [0.717, 1.165) is 6.92 Å². The fraction of sp³-hybridized carbons (Fsp3) is 0.364. The lowest BCUT2D eigenvalue weighted by Crippen LogP contribution is -2.55. The number of hydrogen-bond donors (Lipinski definition) is 0. The minimum absolute atomic E-state index is 0.0494. The first-order chi connectivity index (χ1) is 8.65. The third-order valence-electron chi connectivity index (χ3n) is 2.18. The number of hydrogen-bond acceptors (Lipinski definition) is 4. The summed E-state index contributed by atoms with van der Waals surface area (Å²) in [5, 5.41) is 11.0. The molecule has 19 heavy (non-hydrogen) atoms. The van der Waals surface area contributed by atoms with Gasteiger partial charge in [0.05, 0.1) is 11.7 Å². The molecule has 0 amide bonds. The number of carboxylic acid groups (broad SMARTS) is 1. The van der Waals surface area contributed by atoms with Crippen LogP contribution in [0, 0.1) is 0 Å². The van der Waals surface area contributed by atoms with Crippen LogP contribution in [0.1, 0.15) is 6.92 Å². The second-order valence-electron chi connectivity index (χ2n) is 3.87. The van der Waals surface area contributed by atoms with Crippen LogP contribution in [-0.4, -0.2) is 27.0 Å². The Hall–Kier alpha value is -1.57. The van der Waals surface area contributed by atoms with Gasteiger partial charge in [0, 0.05) is 0 Å². The Kier molecular flexibility index (Phi) is 4.56. The van der Waals surface area contributed by atoms with Crippen LogP contribution in [0.4, 0.5) is 13.2 Å². The maximum absolute atomic E-state index is 12.2. The molecule has 2 atom stereocenters. The quantitative estimate of drug-likeness (QED) is 0.807. The van der Waals surface area contributed by atoms with Gasteiger partial charge in [0.25, 0.3) is 0 Å². The Labute approximate surface area is 109 Å². The average Bonchev–Trinajstić information content (AvgIpc) is 2.28. The van der Waals surface area contributed by atoms with Crippen LogP contribution in [0.2, 0.25) is 0 Å². The maximum Gasteiger partial charge on any atom is 0.471 e. The fourth-order valence-corrected chi connectivity index (χ4v) is 2.05. The number of aliphatic carboxylic acids is 1. The summed E-state index contributed by atoms with van der Waals surface area (Å²) >= 11 is 0. The summed E-state index contributed by atoms with van der Waals surface area (Å²) in [7, 11) is -3.35. The molecule has 0 aliphatic heterocycles. The molecule has 0 aliphatic rings. The highest BCUT2D eigenvalue weighted by Crippen LogP contribution is 2.25. The minimum atomic E-state index is -5.00. The average molecular weight is 295 g/mol. The summed E-state index contributed by atoms with van der Waals surface area (Å²) < 4.78 is 52.6. The number of carbonyl (C=O) groups is 1. The second-order valence-corrected chi connectivity index (χ2v) is 5.31. The molecule has 8 heteroatoms. The summed E-state index contributed by atoms with van der Waals surface area (Å²) in [5.41, 5.74) is -7.33. The highest BCUT2D eigenvalue weighted by molar-refractivity contribution is 7.86. The largest absolute Gasteiger partial charge is 0.546 e. The maximum atomic E-state index is 12.2. The van der Waals surface area contributed by atoms with Crippen LogP contribution in [0.15, 0.2) is 30.3 Å². The van der Waals surface area contributed by atoms with E-state index in [2.05, 4.69) is 0 Å².